The topological polar surface area (TPSA) is 56.1 Å². The van der Waals surface area contributed by atoms with E-state index in [-0.39, 0.29) is 0 Å². The van der Waals surface area contributed by atoms with Crippen LogP contribution in [0.25, 0.3) is 23.2 Å². The first-order valence-electron chi connectivity index (χ1n) is 9.12. The van der Waals surface area contributed by atoms with Gasteiger partial charge < -0.3 is 9.64 Å². The van der Waals surface area contributed by atoms with Gasteiger partial charge in [0, 0.05) is 30.4 Å². The van der Waals surface area contributed by atoms with E-state index in [1.165, 1.54) is 5.56 Å². The Labute approximate surface area is 159 Å². The van der Waals surface area contributed by atoms with Gasteiger partial charge in [0.25, 0.3) is 0 Å². The Morgan fingerprint density at radius 2 is 1.81 bits per heavy atom. The fraction of sp³-hybridized carbons (Fsp3) is 0.286. The van der Waals surface area contributed by atoms with Gasteiger partial charge in [0.1, 0.15) is 5.82 Å². The molecule has 0 spiro atoms. The number of aryl methyl sites for hydroxylation is 2. The number of ether oxygens (including phenoxy) is 1. The predicted octanol–water partition coefficient (Wildman–Crippen LogP) is 3.43. The summed E-state index contributed by atoms with van der Waals surface area (Å²) >= 11 is 0. The summed E-state index contributed by atoms with van der Waals surface area (Å²) in [7, 11) is 0. The van der Waals surface area contributed by atoms with Gasteiger partial charge in [0.05, 0.1) is 18.9 Å². The molecule has 1 saturated heterocycles. The summed E-state index contributed by atoms with van der Waals surface area (Å²) in [6.07, 6.45) is 1.67. The van der Waals surface area contributed by atoms with E-state index < -0.39 is 0 Å². The molecule has 3 heterocycles. The number of nitrogens with zero attached hydrogens (tertiary/aromatic N) is 5. The van der Waals surface area contributed by atoms with Gasteiger partial charge in [-0.15, -0.1) is 0 Å². The van der Waals surface area contributed by atoms with E-state index in [2.05, 4.69) is 58.7 Å². The molecule has 6 nitrogen and oxygen atoms in total. The molecule has 0 atom stereocenters. The van der Waals surface area contributed by atoms with E-state index in [4.69, 9.17) is 9.84 Å². The van der Waals surface area contributed by atoms with E-state index in [1.807, 2.05) is 17.7 Å². The van der Waals surface area contributed by atoms with Crippen molar-refractivity contribution in [3.63, 3.8) is 0 Å². The van der Waals surface area contributed by atoms with Crippen molar-refractivity contribution in [3.05, 3.63) is 60.1 Å². The normalized spacial score (nSPS) is 14.4. The molecule has 0 bridgehead atoms. The van der Waals surface area contributed by atoms with Crippen LogP contribution in [0, 0.1) is 13.8 Å². The van der Waals surface area contributed by atoms with Crippen molar-refractivity contribution in [1.29, 1.82) is 0 Å². The number of rotatable bonds is 4. The number of morpholine rings is 1. The molecule has 0 amide bonds. The van der Waals surface area contributed by atoms with Gasteiger partial charge in [-0.1, -0.05) is 30.3 Å². The summed E-state index contributed by atoms with van der Waals surface area (Å²) in [5, 5.41) is 4.80. The van der Waals surface area contributed by atoms with Crippen LogP contribution in [0.4, 0.5) is 5.82 Å². The first kappa shape index (κ1) is 17.4. The standard InChI is InChI=1S/C21H23N5O/c1-4-19-22-20(25-8-10-27-11-9-25)14-21(23-19)26-16(3)13-18(24-26)17-7-5-6-15(2)12-17/h4-7,12-14H,1,8-11H2,2-3H3. The van der Waals surface area contributed by atoms with Crippen molar-refractivity contribution < 1.29 is 4.74 Å². The fourth-order valence-electron chi connectivity index (χ4n) is 3.25. The molecule has 4 rings (SSSR count). The molecule has 27 heavy (non-hydrogen) atoms. The Hall–Kier alpha value is -2.99. The minimum atomic E-state index is 0.598. The van der Waals surface area contributed by atoms with Crippen LogP contribution >= 0.6 is 0 Å². The highest BCUT2D eigenvalue weighted by Gasteiger charge is 2.17. The zero-order valence-electron chi connectivity index (χ0n) is 15.7. The van der Waals surface area contributed by atoms with Crippen molar-refractivity contribution in [3.8, 4) is 17.1 Å². The van der Waals surface area contributed by atoms with Crippen LogP contribution < -0.4 is 4.90 Å². The van der Waals surface area contributed by atoms with Crippen molar-refractivity contribution in [2.24, 2.45) is 0 Å². The van der Waals surface area contributed by atoms with E-state index in [1.54, 1.807) is 6.08 Å². The smallest absolute Gasteiger partial charge is 0.159 e. The number of aromatic nitrogens is 4. The van der Waals surface area contributed by atoms with Gasteiger partial charge in [-0.3, -0.25) is 0 Å². The van der Waals surface area contributed by atoms with Crippen LogP contribution in [0.2, 0.25) is 0 Å². The highest BCUT2D eigenvalue weighted by molar-refractivity contribution is 5.61. The van der Waals surface area contributed by atoms with Crippen LogP contribution in [-0.2, 0) is 4.74 Å². The quantitative estimate of drug-likeness (QED) is 0.713. The summed E-state index contributed by atoms with van der Waals surface area (Å²) in [6.45, 7) is 11.0. The van der Waals surface area contributed by atoms with Gasteiger partial charge in [-0.2, -0.15) is 5.10 Å². The van der Waals surface area contributed by atoms with Crippen molar-refractivity contribution >= 4 is 11.9 Å². The molecule has 1 aromatic carbocycles. The zero-order valence-corrected chi connectivity index (χ0v) is 15.7. The number of hydrogen-bond donors (Lipinski definition) is 0. The lowest BCUT2D eigenvalue weighted by molar-refractivity contribution is 0.122. The summed E-state index contributed by atoms with van der Waals surface area (Å²) < 4.78 is 7.32. The molecule has 6 heteroatoms. The molecule has 138 valence electrons. The maximum atomic E-state index is 5.45. The average Bonchev–Trinajstić information content (AvgIpc) is 3.10. The van der Waals surface area contributed by atoms with Gasteiger partial charge in [0.2, 0.25) is 0 Å². The van der Waals surface area contributed by atoms with E-state index >= 15 is 0 Å². The third kappa shape index (κ3) is 3.61. The molecule has 0 saturated carbocycles. The highest BCUT2D eigenvalue weighted by atomic mass is 16.5. The fourth-order valence-corrected chi connectivity index (χ4v) is 3.25. The molecule has 0 aliphatic carbocycles. The third-order valence-electron chi connectivity index (χ3n) is 4.65. The van der Waals surface area contributed by atoms with Gasteiger partial charge in [0.15, 0.2) is 11.6 Å². The summed E-state index contributed by atoms with van der Waals surface area (Å²) in [5.41, 5.74) is 4.27. The molecule has 1 aliphatic rings. The summed E-state index contributed by atoms with van der Waals surface area (Å²) in [5.74, 6) is 2.23. The second-order valence-corrected chi connectivity index (χ2v) is 6.70. The monoisotopic (exact) mass is 361 g/mol. The minimum Gasteiger partial charge on any atom is -0.378 e. The van der Waals surface area contributed by atoms with Crippen LogP contribution in [0.5, 0.6) is 0 Å². The highest BCUT2D eigenvalue weighted by Crippen LogP contribution is 2.23. The lowest BCUT2D eigenvalue weighted by Crippen LogP contribution is -2.37. The Bertz CT molecular complexity index is 972. The van der Waals surface area contributed by atoms with Crippen LogP contribution in [0.1, 0.15) is 17.1 Å². The molecule has 0 unspecified atom stereocenters. The lowest BCUT2D eigenvalue weighted by atomic mass is 10.1. The van der Waals surface area contributed by atoms with Crippen molar-refractivity contribution in [1.82, 2.24) is 19.7 Å². The number of benzene rings is 1. The lowest BCUT2D eigenvalue weighted by Gasteiger charge is -2.28. The number of anilines is 1. The Balaban J connectivity index is 1.75. The van der Waals surface area contributed by atoms with Crippen molar-refractivity contribution in [2.75, 3.05) is 31.2 Å². The van der Waals surface area contributed by atoms with Crippen molar-refractivity contribution in [2.45, 2.75) is 13.8 Å². The third-order valence-corrected chi connectivity index (χ3v) is 4.65. The largest absolute Gasteiger partial charge is 0.378 e. The van der Waals surface area contributed by atoms with Crippen LogP contribution in [0.3, 0.4) is 0 Å². The maximum absolute atomic E-state index is 5.45. The van der Waals surface area contributed by atoms with E-state index in [9.17, 15) is 0 Å². The molecule has 1 fully saturated rings. The molecular weight excluding hydrogens is 338 g/mol. The summed E-state index contributed by atoms with van der Waals surface area (Å²) in [6, 6.07) is 12.4. The van der Waals surface area contributed by atoms with Gasteiger partial charge in [-0.25, -0.2) is 14.6 Å². The zero-order chi connectivity index (χ0) is 18.8. The predicted molar refractivity (Wildman–Crippen MR) is 107 cm³/mol. The first-order valence-corrected chi connectivity index (χ1v) is 9.12. The average molecular weight is 361 g/mol. The molecule has 3 aromatic rings. The molecular formula is C21H23N5O. The second-order valence-electron chi connectivity index (χ2n) is 6.70. The number of hydrogen-bond acceptors (Lipinski definition) is 5. The molecule has 0 N–H and O–H groups in total. The Morgan fingerprint density at radius 1 is 1.04 bits per heavy atom. The van der Waals surface area contributed by atoms with Crippen LogP contribution in [0.15, 0.2) is 43.0 Å². The molecule has 0 radical (unpaired) electrons. The van der Waals surface area contributed by atoms with Gasteiger partial charge >= 0.3 is 0 Å². The maximum Gasteiger partial charge on any atom is 0.159 e. The molecule has 2 aromatic heterocycles. The Kier molecular flexibility index (Phi) is 4.73. The van der Waals surface area contributed by atoms with E-state index in [0.717, 1.165) is 41.7 Å². The second kappa shape index (κ2) is 7.32. The SMILES string of the molecule is C=Cc1nc(N2CCOCC2)cc(-n2nc(-c3cccc(C)c3)cc2C)n1. The summed E-state index contributed by atoms with van der Waals surface area (Å²) in [4.78, 5) is 11.4. The van der Waals surface area contributed by atoms with E-state index in [0.29, 0.717) is 19.0 Å². The first-order chi connectivity index (χ1) is 13.1. The van der Waals surface area contributed by atoms with Crippen LogP contribution in [-0.4, -0.2) is 46.1 Å². The van der Waals surface area contributed by atoms with Gasteiger partial charge in [-0.05, 0) is 32.1 Å². The Morgan fingerprint density at radius 3 is 2.56 bits per heavy atom. The minimum absolute atomic E-state index is 0.598. The molecule has 1 aliphatic heterocycles.